The molecular weight excluding hydrogens is 262 g/mol. The third-order valence-electron chi connectivity index (χ3n) is 3.03. The number of esters is 1. The van der Waals surface area contributed by atoms with Crippen LogP contribution in [0.4, 0.5) is 0 Å². The van der Waals surface area contributed by atoms with Crippen LogP contribution in [0.3, 0.4) is 0 Å². The van der Waals surface area contributed by atoms with Gasteiger partial charge >= 0.3 is 5.97 Å². The van der Waals surface area contributed by atoms with Crippen molar-refractivity contribution in [2.75, 3.05) is 13.7 Å². The third-order valence-corrected chi connectivity index (χ3v) is 4.04. The number of methoxy groups -OCH3 is 1. The molecular formula is C14H23NO3S. The quantitative estimate of drug-likeness (QED) is 0.416. The Balaban J connectivity index is 2.14. The average Bonchev–Trinajstić information content (AvgIpc) is 2.90. The molecule has 0 bridgehead atoms. The van der Waals surface area contributed by atoms with Crippen LogP contribution in [0, 0.1) is 0 Å². The largest absolute Gasteiger partial charge is 0.469 e. The van der Waals surface area contributed by atoms with E-state index in [2.05, 4.69) is 23.0 Å². The summed E-state index contributed by atoms with van der Waals surface area (Å²) in [5, 5.41) is 15.2. The van der Waals surface area contributed by atoms with Gasteiger partial charge < -0.3 is 9.84 Å². The molecule has 1 unspecified atom stereocenters. The fourth-order valence-corrected chi connectivity index (χ4v) is 2.84. The first-order chi connectivity index (χ1) is 9.19. The lowest BCUT2D eigenvalue weighted by Crippen LogP contribution is -2.22. The topological polar surface area (TPSA) is 58.6 Å². The Morgan fingerprint density at radius 1 is 1.47 bits per heavy atom. The van der Waals surface area contributed by atoms with Crippen molar-refractivity contribution in [1.82, 2.24) is 5.32 Å². The third kappa shape index (κ3) is 5.72. The molecule has 0 fully saturated rings. The summed E-state index contributed by atoms with van der Waals surface area (Å²) in [7, 11) is 1.41. The number of thiophene rings is 1. The molecule has 0 saturated carbocycles. The molecule has 1 atom stereocenters. The highest BCUT2D eigenvalue weighted by Gasteiger charge is 2.11. The van der Waals surface area contributed by atoms with Gasteiger partial charge in [-0.3, -0.25) is 10.1 Å². The number of carbonyl (C=O) groups is 1. The molecule has 5 heteroatoms. The Kier molecular flexibility index (Phi) is 7.70. The number of carbonyl (C=O) groups excluding carboxylic acids is 1. The molecule has 0 saturated heterocycles. The molecule has 0 aliphatic carbocycles. The summed E-state index contributed by atoms with van der Waals surface area (Å²) in [6, 6.07) is 2.06. The lowest BCUT2D eigenvalue weighted by atomic mass is 10.2. The Labute approximate surface area is 118 Å². The van der Waals surface area contributed by atoms with Crippen LogP contribution in [0.2, 0.25) is 0 Å². The van der Waals surface area contributed by atoms with Crippen LogP contribution in [0.1, 0.15) is 49.3 Å². The number of rotatable bonds is 9. The number of aliphatic hydroxyl groups excluding tert-OH is 1. The minimum Gasteiger partial charge on any atom is -0.469 e. The van der Waals surface area contributed by atoms with Gasteiger partial charge in [0.25, 0.3) is 0 Å². The minimum absolute atomic E-state index is 0.154. The second-order valence-corrected chi connectivity index (χ2v) is 5.35. The van der Waals surface area contributed by atoms with Gasteiger partial charge in [0.15, 0.2) is 0 Å². The summed E-state index contributed by atoms with van der Waals surface area (Å²) in [5.74, 6) is -0.154. The highest BCUT2D eigenvalue weighted by atomic mass is 32.1. The number of hydrogen-bond acceptors (Lipinski definition) is 5. The van der Waals surface area contributed by atoms with Gasteiger partial charge in [0.2, 0.25) is 0 Å². The van der Waals surface area contributed by atoms with Crippen molar-refractivity contribution >= 4 is 17.3 Å². The van der Waals surface area contributed by atoms with E-state index in [1.807, 2.05) is 5.38 Å². The van der Waals surface area contributed by atoms with Gasteiger partial charge in [-0.15, -0.1) is 11.3 Å². The molecule has 4 nitrogen and oxygen atoms in total. The monoisotopic (exact) mass is 285 g/mol. The number of nitrogens with one attached hydrogen (secondary N) is 1. The van der Waals surface area contributed by atoms with Crippen LogP contribution in [0.25, 0.3) is 0 Å². The molecule has 0 radical (unpaired) electrons. The molecule has 0 spiro atoms. The number of aliphatic hydroxyl groups is 1. The lowest BCUT2D eigenvalue weighted by molar-refractivity contribution is -0.140. The Hall–Kier alpha value is -0.910. The number of ether oxygens (including phenoxy) is 1. The maximum Gasteiger partial charge on any atom is 0.305 e. The Morgan fingerprint density at radius 3 is 2.95 bits per heavy atom. The highest BCUT2D eigenvalue weighted by Crippen LogP contribution is 2.23. The van der Waals surface area contributed by atoms with Crippen LogP contribution in [-0.2, 0) is 16.0 Å². The normalized spacial score (nSPS) is 12.4. The van der Waals surface area contributed by atoms with E-state index < -0.39 is 6.23 Å². The number of hydrogen-bond donors (Lipinski definition) is 2. The Morgan fingerprint density at radius 2 is 2.26 bits per heavy atom. The van der Waals surface area contributed by atoms with Gasteiger partial charge in [0, 0.05) is 6.42 Å². The van der Waals surface area contributed by atoms with Crippen LogP contribution < -0.4 is 5.32 Å². The Bertz CT molecular complexity index is 379. The maximum absolute atomic E-state index is 10.9. The maximum atomic E-state index is 10.9. The van der Waals surface area contributed by atoms with Crippen LogP contribution in [0.15, 0.2) is 11.4 Å². The van der Waals surface area contributed by atoms with Gasteiger partial charge in [-0.2, -0.15) is 0 Å². The van der Waals surface area contributed by atoms with Gasteiger partial charge in [-0.25, -0.2) is 0 Å². The molecule has 19 heavy (non-hydrogen) atoms. The van der Waals surface area contributed by atoms with E-state index in [1.165, 1.54) is 12.7 Å². The van der Waals surface area contributed by atoms with Crippen molar-refractivity contribution in [3.8, 4) is 0 Å². The van der Waals surface area contributed by atoms with E-state index in [-0.39, 0.29) is 5.97 Å². The first kappa shape index (κ1) is 16.1. The number of aryl methyl sites for hydroxylation is 1. The highest BCUT2D eigenvalue weighted by molar-refractivity contribution is 7.10. The molecule has 1 aromatic rings. The van der Waals surface area contributed by atoms with Crippen LogP contribution >= 0.6 is 11.3 Å². The van der Waals surface area contributed by atoms with E-state index >= 15 is 0 Å². The van der Waals surface area contributed by atoms with E-state index in [9.17, 15) is 9.90 Å². The zero-order valence-corrected chi connectivity index (χ0v) is 12.5. The second kappa shape index (κ2) is 9.07. The van der Waals surface area contributed by atoms with Crippen molar-refractivity contribution in [2.45, 2.75) is 45.3 Å². The summed E-state index contributed by atoms with van der Waals surface area (Å²) in [5.41, 5.74) is 1.20. The van der Waals surface area contributed by atoms with Gasteiger partial charge in [0.1, 0.15) is 6.23 Å². The van der Waals surface area contributed by atoms with Crippen molar-refractivity contribution in [3.63, 3.8) is 0 Å². The van der Waals surface area contributed by atoms with Crippen molar-refractivity contribution in [3.05, 3.63) is 21.9 Å². The molecule has 0 aliphatic rings. The molecule has 1 rings (SSSR count). The molecule has 2 N–H and O–H groups in total. The van der Waals surface area contributed by atoms with Crippen molar-refractivity contribution in [2.24, 2.45) is 0 Å². The van der Waals surface area contributed by atoms with Crippen molar-refractivity contribution < 1.29 is 14.6 Å². The smallest absolute Gasteiger partial charge is 0.305 e. The molecule has 0 amide bonds. The lowest BCUT2D eigenvalue weighted by Gasteiger charge is -2.12. The second-order valence-electron chi connectivity index (χ2n) is 4.41. The molecule has 1 aromatic heterocycles. The first-order valence-corrected chi connectivity index (χ1v) is 7.61. The zero-order valence-electron chi connectivity index (χ0n) is 11.6. The predicted molar refractivity (Wildman–Crippen MR) is 77.1 cm³/mol. The van der Waals surface area contributed by atoms with Crippen LogP contribution in [-0.4, -0.2) is 24.7 Å². The van der Waals surface area contributed by atoms with Gasteiger partial charge in [-0.1, -0.05) is 13.3 Å². The molecule has 1 heterocycles. The summed E-state index contributed by atoms with van der Waals surface area (Å²) in [6.45, 7) is 2.84. The van der Waals surface area contributed by atoms with Gasteiger partial charge in [0.05, 0.1) is 12.0 Å². The fourth-order valence-electron chi connectivity index (χ4n) is 1.88. The van der Waals surface area contributed by atoms with E-state index in [0.717, 1.165) is 37.1 Å². The van der Waals surface area contributed by atoms with E-state index in [1.54, 1.807) is 11.3 Å². The van der Waals surface area contributed by atoms with Gasteiger partial charge in [-0.05, 0) is 42.8 Å². The van der Waals surface area contributed by atoms with Crippen molar-refractivity contribution in [1.29, 1.82) is 0 Å². The number of unbranched alkanes of at least 4 members (excludes halogenated alkanes) is 2. The minimum atomic E-state index is -0.574. The molecule has 0 aliphatic heterocycles. The zero-order chi connectivity index (χ0) is 14.1. The molecule has 108 valence electrons. The van der Waals surface area contributed by atoms with Crippen LogP contribution in [0.5, 0.6) is 0 Å². The summed E-state index contributed by atoms with van der Waals surface area (Å²) in [4.78, 5) is 11.9. The van der Waals surface area contributed by atoms with E-state index in [4.69, 9.17) is 0 Å². The summed E-state index contributed by atoms with van der Waals surface area (Å²) in [6.07, 6.45) is 3.58. The summed E-state index contributed by atoms with van der Waals surface area (Å²) >= 11 is 1.58. The fraction of sp³-hybridized carbons (Fsp3) is 0.643. The predicted octanol–water partition coefficient (Wildman–Crippen LogP) is 2.62. The van der Waals surface area contributed by atoms with E-state index in [0.29, 0.717) is 6.42 Å². The summed E-state index contributed by atoms with van der Waals surface area (Å²) < 4.78 is 4.58. The molecule has 0 aromatic carbocycles. The SMILES string of the molecule is CCc1ccsc1C(O)NCCCCCC(=O)OC. The average molecular weight is 285 g/mol. The first-order valence-electron chi connectivity index (χ1n) is 6.73. The standard InChI is InChI=1S/C14H23NO3S/c1-3-11-8-10-19-13(11)14(17)15-9-6-4-5-7-12(16)18-2/h8,10,14-15,17H,3-7,9H2,1-2H3.